The van der Waals surface area contributed by atoms with Gasteiger partial charge >= 0.3 is 0 Å². The predicted molar refractivity (Wildman–Crippen MR) is 107 cm³/mol. The maximum Gasteiger partial charge on any atom is 0.135 e. The molecule has 1 N–H and O–H groups in total. The van der Waals surface area contributed by atoms with Gasteiger partial charge in [0.25, 0.3) is 0 Å². The number of rotatable bonds is 2. The van der Waals surface area contributed by atoms with Crippen LogP contribution in [-0.4, -0.2) is 7.11 Å². The Morgan fingerprint density at radius 3 is 2.72 bits per heavy atom. The Bertz CT molecular complexity index is 1010. The van der Waals surface area contributed by atoms with Crippen LogP contribution in [0.25, 0.3) is 11.1 Å². The lowest BCUT2D eigenvalue weighted by Crippen LogP contribution is -2.31. The molecule has 0 fully saturated rings. The van der Waals surface area contributed by atoms with Crippen LogP contribution in [0.5, 0.6) is 5.75 Å². The number of hydrogen-bond acceptors (Lipinski definition) is 5. The Morgan fingerprint density at radius 1 is 1.08 bits per heavy atom. The van der Waals surface area contributed by atoms with Gasteiger partial charge in [-0.2, -0.15) is 0 Å². The minimum atomic E-state index is -0.0978. The number of methoxy groups -OCH3 is 1. The first-order valence-corrected chi connectivity index (χ1v) is 10.3. The molecule has 1 aliphatic heterocycles. The van der Waals surface area contributed by atoms with Crippen LogP contribution in [0.3, 0.4) is 0 Å². The summed E-state index contributed by atoms with van der Waals surface area (Å²) in [5.74, 6) is 0.827. The average molecular weight is 369 g/mol. The van der Waals surface area contributed by atoms with Gasteiger partial charge in [0, 0.05) is 22.9 Å². The van der Waals surface area contributed by atoms with E-state index in [0.717, 1.165) is 16.1 Å². The fourth-order valence-electron chi connectivity index (χ4n) is 3.16. The second-order valence-corrected chi connectivity index (χ2v) is 8.92. The van der Waals surface area contributed by atoms with Crippen molar-refractivity contribution in [2.75, 3.05) is 12.4 Å². The fraction of sp³-hybridized carbons (Fsp3) is 0.250. The van der Waals surface area contributed by atoms with E-state index in [2.05, 4.69) is 44.3 Å². The second kappa shape index (κ2) is 6.00. The number of benzene rings is 2. The molecule has 4 rings (SSSR count). The summed E-state index contributed by atoms with van der Waals surface area (Å²) in [6.45, 7) is 6.59. The van der Waals surface area contributed by atoms with Gasteiger partial charge in [-0.05, 0) is 44.5 Å². The predicted octanol–water partition coefficient (Wildman–Crippen LogP) is 5.69. The molecule has 25 heavy (non-hydrogen) atoms. The van der Waals surface area contributed by atoms with Crippen LogP contribution in [0.2, 0.25) is 0 Å². The maximum absolute atomic E-state index is 5.33. The second-order valence-electron chi connectivity index (χ2n) is 6.79. The van der Waals surface area contributed by atoms with Gasteiger partial charge in [0.05, 0.1) is 23.2 Å². The largest absolute Gasteiger partial charge is 0.497 e. The molecule has 1 aromatic heterocycles. The van der Waals surface area contributed by atoms with Gasteiger partial charge in [0.15, 0.2) is 0 Å². The molecular formula is C20H20N2OS2. The number of hydrogen-bond donors (Lipinski definition) is 1. The molecule has 2 aromatic carbocycles. The third kappa shape index (κ3) is 2.87. The van der Waals surface area contributed by atoms with E-state index in [0.29, 0.717) is 0 Å². The van der Waals surface area contributed by atoms with Gasteiger partial charge in [-0.15, -0.1) is 0 Å². The SMILES string of the molecule is COc1cccc(N=c2ssc3c2-c2ccc(C)cc2NC3(C)C)c1. The summed E-state index contributed by atoms with van der Waals surface area (Å²) in [4.78, 5) is 6.27. The van der Waals surface area contributed by atoms with E-state index < -0.39 is 0 Å². The molecule has 128 valence electrons. The van der Waals surface area contributed by atoms with Gasteiger partial charge in [0.1, 0.15) is 10.4 Å². The molecule has 0 atom stereocenters. The zero-order chi connectivity index (χ0) is 17.6. The number of nitrogens with zero attached hydrogens (tertiary/aromatic N) is 1. The van der Waals surface area contributed by atoms with Crippen molar-refractivity contribution in [1.29, 1.82) is 0 Å². The normalized spacial score (nSPS) is 15.3. The van der Waals surface area contributed by atoms with Crippen LogP contribution >= 0.6 is 20.7 Å². The lowest BCUT2D eigenvalue weighted by molar-refractivity contribution is 0.415. The van der Waals surface area contributed by atoms with Gasteiger partial charge in [-0.1, -0.05) is 38.9 Å². The number of ether oxygens (including phenoxy) is 1. The van der Waals surface area contributed by atoms with Crippen molar-refractivity contribution >= 4 is 32.1 Å². The Balaban J connectivity index is 1.95. The molecule has 0 radical (unpaired) electrons. The summed E-state index contributed by atoms with van der Waals surface area (Å²) in [5.41, 5.74) is 5.76. The third-order valence-electron chi connectivity index (χ3n) is 4.39. The lowest BCUT2D eigenvalue weighted by atomic mass is 9.89. The van der Waals surface area contributed by atoms with E-state index in [-0.39, 0.29) is 5.54 Å². The number of aryl methyl sites for hydroxylation is 1. The quantitative estimate of drug-likeness (QED) is 0.590. The van der Waals surface area contributed by atoms with E-state index >= 15 is 0 Å². The standard InChI is InChI=1S/C20H20N2OS2/c1-12-8-9-15-16(10-12)22-20(2,3)18-17(15)19(25-24-18)21-13-6-5-7-14(11-13)23-4/h5-11,22H,1-4H3. The Labute approximate surface area is 155 Å². The maximum atomic E-state index is 5.33. The molecule has 2 heterocycles. The zero-order valence-electron chi connectivity index (χ0n) is 14.7. The van der Waals surface area contributed by atoms with Gasteiger partial charge < -0.3 is 10.1 Å². The first-order valence-electron chi connectivity index (χ1n) is 8.19. The van der Waals surface area contributed by atoms with E-state index in [9.17, 15) is 0 Å². The van der Waals surface area contributed by atoms with E-state index in [1.165, 1.54) is 27.3 Å². The van der Waals surface area contributed by atoms with Crippen LogP contribution in [0.15, 0.2) is 47.5 Å². The van der Waals surface area contributed by atoms with E-state index in [1.54, 1.807) is 17.5 Å². The van der Waals surface area contributed by atoms with Crippen molar-refractivity contribution in [3.05, 3.63) is 57.6 Å². The number of nitrogens with one attached hydrogen (secondary N) is 1. The molecule has 0 bridgehead atoms. The molecule has 0 amide bonds. The summed E-state index contributed by atoms with van der Waals surface area (Å²) in [6, 6.07) is 14.5. The highest BCUT2D eigenvalue weighted by Gasteiger charge is 2.33. The van der Waals surface area contributed by atoms with E-state index in [1.807, 2.05) is 34.6 Å². The number of anilines is 1. The highest BCUT2D eigenvalue weighted by Crippen LogP contribution is 2.45. The summed E-state index contributed by atoms with van der Waals surface area (Å²) in [7, 11) is 5.23. The summed E-state index contributed by atoms with van der Waals surface area (Å²) >= 11 is 0. The Kier molecular flexibility index (Phi) is 3.93. The summed E-state index contributed by atoms with van der Waals surface area (Å²) in [6.07, 6.45) is 0. The van der Waals surface area contributed by atoms with Crippen LogP contribution in [0, 0.1) is 6.92 Å². The Morgan fingerprint density at radius 2 is 1.92 bits per heavy atom. The highest BCUT2D eigenvalue weighted by atomic mass is 32.9. The van der Waals surface area contributed by atoms with Crippen molar-refractivity contribution in [2.24, 2.45) is 4.99 Å². The number of fused-ring (bicyclic) bond motifs is 3. The van der Waals surface area contributed by atoms with Gasteiger partial charge in [0.2, 0.25) is 0 Å². The minimum Gasteiger partial charge on any atom is -0.497 e. The molecule has 0 aliphatic carbocycles. The van der Waals surface area contributed by atoms with Crippen LogP contribution in [0.1, 0.15) is 24.3 Å². The van der Waals surface area contributed by atoms with Crippen LogP contribution in [0.4, 0.5) is 11.4 Å². The van der Waals surface area contributed by atoms with Gasteiger partial charge in [-0.25, -0.2) is 4.99 Å². The third-order valence-corrected chi connectivity index (χ3v) is 7.03. The van der Waals surface area contributed by atoms with Crippen molar-refractivity contribution in [3.8, 4) is 16.9 Å². The van der Waals surface area contributed by atoms with Crippen molar-refractivity contribution in [2.45, 2.75) is 26.3 Å². The summed E-state index contributed by atoms with van der Waals surface area (Å²) < 4.78 is 6.39. The smallest absolute Gasteiger partial charge is 0.135 e. The minimum absolute atomic E-state index is 0.0978. The molecule has 0 saturated heterocycles. The van der Waals surface area contributed by atoms with Crippen LogP contribution in [-0.2, 0) is 5.54 Å². The monoisotopic (exact) mass is 368 g/mol. The van der Waals surface area contributed by atoms with Crippen LogP contribution < -0.4 is 14.7 Å². The molecule has 5 heteroatoms. The van der Waals surface area contributed by atoms with E-state index in [4.69, 9.17) is 9.73 Å². The molecular weight excluding hydrogens is 348 g/mol. The van der Waals surface area contributed by atoms with Crippen molar-refractivity contribution < 1.29 is 4.74 Å². The Hall–Kier alpha value is -2.11. The zero-order valence-corrected chi connectivity index (χ0v) is 16.3. The molecule has 3 nitrogen and oxygen atoms in total. The molecule has 1 aliphatic rings. The fourth-order valence-corrected chi connectivity index (χ4v) is 6.10. The summed E-state index contributed by atoms with van der Waals surface area (Å²) in [5, 5.41) is 3.68. The molecule has 0 spiro atoms. The van der Waals surface area contributed by atoms with Crippen molar-refractivity contribution in [1.82, 2.24) is 0 Å². The van der Waals surface area contributed by atoms with Gasteiger partial charge in [-0.3, -0.25) is 0 Å². The topological polar surface area (TPSA) is 33.6 Å². The lowest BCUT2D eigenvalue weighted by Gasteiger charge is -2.33. The van der Waals surface area contributed by atoms with Crippen molar-refractivity contribution in [3.63, 3.8) is 0 Å². The molecule has 0 saturated carbocycles. The highest BCUT2D eigenvalue weighted by molar-refractivity contribution is 7.68. The molecule has 3 aromatic rings. The molecule has 0 unspecified atom stereocenters. The first-order chi connectivity index (χ1) is 12.0. The first kappa shape index (κ1) is 16.4. The average Bonchev–Trinajstić information content (AvgIpc) is 2.99.